The number of nitrogens with one attached hydrogen (secondary N) is 1. The monoisotopic (exact) mass is 326 g/mol. The van der Waals surface area contributed by atoms with Gasteiger partial charge in [0.1, 0.15) is 5.75 Å². The maximum Gasteiger partial charge on any atom is 0.274 e. The van der Waals surface area contributed by atoms with Crippen molar-refractivity contribution < 1.29 is 9.53 Å². The molecule has 1 aromatic carbocycles. The van der Waals surface area contributed by atoms with Crippen molar-refractivity contribution in [3.05, 3.63) is 41.2 Å². The largest absolute Gasteiger partial charge is 0.497 e. The average molecular weight is 326 g/mol. The third-order valence-electron chi connectivity index (χ3n) is 5.01. The van der Waals surface area contributed by atoms with Gasteiger partial charge in [-0.05, 0) is 43.5 Å². The Bertz CT molecular complexity index is 730. The van der Waals surface area contributed by atoms with Crippen LogP contribution in [-0.4, -0.2) is 54.3 Å². The zero-order valence-corrected chi connectivity index (χ0v) is 13.9. The van der Waals surface area contributed by atoms with Crippen molar-refractivity contribution in [2.45, 2.75) is 19.3 Å². The first-order valence-corrected chi connectivity index (χ1v) is 8.50. The van der Waals surface area contributed by atoms with Crippen molar-refractivity contribution in [3.8, 4) is 5.75 Å². The highest BCUT2D eigenvalue weighted by atomic mass is 16.5. The molecule has 126 valence electrons. The molecule has 6 nitrogen and oxygen atoms in total. The Morgan fingerprint density at radius 3 is 2.58 bits per heavy atom. The smallest absolute Gasteiger partial charge is 0.274 e. The molecule has 6 heteroatoms. The average Bonchev–Trinajstić information content (AvgIpc) is 3.25. The van der Waals surface area contributed by atoms with E-state index in [1.54, 1.807) is 7.11 Å². The van der Waals surface area contributed by atoms with E-state index in [0.29, 0.717) is 5.69 Å². The third kappa shape index (κ3) is 2.62. The number of anilines is 1. The zero-order valence-electron chi connectivity index (χ0n) is 13.9. The van der Waals surface area contributed by atoms with Crippen molar-refractivity contribution >= 4 is 11.6 Å². The molecule has 24 heavy (non-hydrogen) atoms. The zero-order chi connectivity index (χ0) is 16.5. The molecule has 0 unspecified atom stereocenters. The molecule has 0 spiro atoms. The van der Waals surface area contributed by atoms with E-state index >= 15 is 0 Å². The van der Waals surface area contributed by atoms with Gasteiger partial charge in [0.2, 0.25) is 0 Å². The van der Waals surface area contributed by atoms with Crippen LogP contribution in [-0.2, 0) is 12.8 Å². The van der Waals surface area contributed by atoms with E-state index in [2.05, 4.69) is 27.2 Å². The van der Waals surface area contributed by atoms with Crippen molar-refractivity contribution in [2.24, 2.45) is 0 Å². The fraction of sp³-hybridized carbons (Fsp3) is 0.444. The maximum absolute atomic E-state index is 12.8. The molecule has 2 aliphatic rings. The van der Waals surface area contributed by atoms with Crippen LogP contribution in [0.3, 0.4) is 0 Å². The molecule has 0 atom stereocenters. The number of methoxy groups -OCH3 is 1. The van der Waals surface area contributed by atoms with Crippen molar-refractivity contribution in [1.82, 2.24) is 15.1 Å². The summed E-state index contributed by atoms with van der Waals surface area (Å²) in [5.41, 5.74) is 4.09. The number of fused-ring (bicyclic) bond motifs is 1. The molecule has 0 radical (unpaired) electrons. The number of amides is 1. The molecule has 1 saturated heterocycles. The van der Waals surface area contributed by atoms with Gasteiger partial charge < -0.3 is 14.5 Å². The number of rotatable bonds is 3. The lowest BCUT2D eigenvalue weighted by atomic mass is 10.1. The molecule has 1 N–H and O–H groups in total. The van der Waals surface area contributed by atoms with Gasteiger partial charge in [-0.25, -0.2) is 0 Å². The number of hydrogen-bond donors (Lipinski definition) is 1. The molecule has 1 aliphatic heterocycles. The van der Waals surface area contributed by atoms with E-state index in [-0.39, 0.29) is 5.91 Å². The molecule has 1 fully saturated rings. The number of aromatic amines is 1. The lowest BCUT2D eigenvalue weighted by Crippen LogP contribution is -2.49. The summed E-state index contributed by atoms with van der Waals surface area (Å²) in [6.07, 6.45) is 3.11. The number of piperazine rings is 1. The van der Waals surface area contributed by atoms with Crippen LogP contribution in [0.15, 0.2) is 24.3 Å². The molecule has 2 aromatic rings. The van der Waals surface area contributed by atoms with Crippen molar-refractivity contribution in [1.29, 1.82) is 0 Å². The lowest BCUT2D eigenvalue weighted by molar-refractivity contribution is 0.0739. The Balaban J connectivity index is 1.41. The van der Waals surface area contributed by atoms with Gasteiger partial charge in [-0.1, -0.05) is 0 Å². The first-order chi connectivity index (χ1) is 11.8. The van der Waals surface area contributed by atoms with Crippen LogP contribution in [0.2, 0.25) is 0 Å². The van der Waals surface area contributed by atoms with Crippen molar-refractivity contribution in [3.63, 3.8) is 0 Å². The maximum atomic E-state index is 12.8. The summed E-state index contributed by atoms with van der Waals surface area (Å²) in [5.74, 6) is 0.934. The fourth-order valence-electron chi connectivity index (χ4n) is 3.61. The van der Waals surface area contributed by atoms with Crippen LogP contribution >= 0.6 is 0 Å². The Morgan fingerprint density at radius 2 is 1.88 bits per heavy atom. The quantitative estimate of drug-likeness (QED) is 0.935. The molecule has 4 rings (SSSR count). The van der Waals surface area contributed by atoms with Gasteiger partial charge in [0.05, 0.1) is 7.11 Å². The molecule has 1 amide bonds. The minimum absolute atomic E-state index is 0.0729. The minimum atomic E-state index is 0.0729. The Hall–Kier alpha value is -2.50. The summed E-state index contributed by atoms with van der Waals surface area (Å²) in [6.45, 7) is 3.13. The second-order valence-electron chi connectivity index (χ2n) is 6.36. The van der Waals surface area contributed by atoms with Crippen molar-refractivity contribution in [2.75, 3.05) is 38.2 Å². The molecular weight excluding hydrogens is 304 g/mol. The summed E-state index contributed by atoms with van der Waals surface area (Å²) >= 11 is 0. The number of carbonyl (C=O) groups excluding carboxylic acids is 1. The van der Waals surface area contributed by atoms with Gasteiger partial charge in [0.15, 0.2) is 5.69 Å². The number of aryl methyl sites for hydroxylation is 1. The highest BCUT2D eigenvalue weighted by molar-refractivity contribution is 5.94. The fourth-order valence-corrected chi connectivity index (χ4v) is 3.61. The van der Waals surface area contributed by atoms with Gasteiger partial charge in [0, 0.05) is 43.1 Å². The normalized spacial score (nSPS) is 17.0. The number of nitrogens with zero attached hydrogens (tertiary/aromatic N) is 3. The molecule has 1 aromatic heterocycles. The lowest BCUT2D eigenvalue weighted by Gasteiger charge is -2.36. The van der Waals surface area contributed by atoms with Crippen LogP contribution in [0.4, 0.5) is 5.69 Å². The van der Waals surface area contributed by atoms with Gasteiger partial charge in [-0.2, -0.15) is 5.10 Å². The molecule has 2 heterocycles. The summed E-state index contributed by atoms with van der Waals surface area (Å²) in [4.78, 5) is 17.0. The first-order valence-electron chi connectivity index (χ1n) is 8.50. The summed E-state index contributed by atoms with van der Waals surface area (Å²) in [5, 5.41) is 7.30. The Labute approximate surface area is 141 Å². The number of aromatic nitrogens is 2. The predicted octanol–water partition coefficient (Wildman–Crippen LogP) is 1.87. The van der Waals surface area contributed by atoms with Crippen LogP contribution < -0.4 is 9.64 Å². The van der Waals surface area contributed by atoms with E-state index in [1.807, 2.05) is 17.0 Å². The van der Waals surface area contributed by atoms with Gasteiger partial charge in [-0.15, -0.1) is 0 Å². The highest BCUT2D eigenvalue weighted by Crippen LogP contribution is 2.25. The van der Waals surface area contributed by atoms with E-state index < -0.39 is 0 Å². The Morgan fingerprint density at radius 1 is 1.12 bits per heavy atom. The van der Waals surface area contributed by atoms with E-state index in [0.717, 1.165) is 62.4 Å². The van der Waals surface area contributed by atoms with Crippen LogP contribution in [0, 0.1) is 0 Å². The first kappa shape index (κ1) is 15.1. The van der Waals surface area contributed by atoms with Gasteiger partial charge >= 0.3 is 0 Å². The molecule has 1 aliphatic carbocycles. The van der Waals surface area contributed by atoms with Crippen LogP contribution in [0.25, 0.3) is 0 Å². The summed E-state index contributed by atoms with van der Waals surface area (Å²) in [7, 11) is 1.67. The number of benzene rings is 1. The topological polar surface area (TPSA) is 61.5 Å². The number of H-pyrrole nitrogens is 1. The second-order valence-corrected chi connectivity index (χ2v) is 6.36. The summed E-state index contributed by atoms with van der Waals surface area (Å²) < 4.78 is 5.20. The second kappa shape index (κ2) is 6.19. The van der Waals surface area contributed by atoms with E-state index in [4.69, 9.17) is 4.74 Å². The van der Waals surface area contributed by atoms with E-state index in [9.17, 15) is 4.79 Å². The summed E-state index contributed by atoms with van der Waals surface area (Å²) in [6, 6.07) is 8.08. The van der Waals surface area contributed by atoms with E-state index in [1.165, 1.54) is 5.69 Å². The SMILES string of the molecule is COc1ccc(N2CCN(C(=O)c3n[nH]c4c3CCC4)CC2)cc1. The number of carbonyl (C=O) groups is 1. The van der Waals surface area contributed by atoms with Gasteiger partial charge in [0.25, 0.3) is 5.91 Å². The minimum Gasteiger partial charge on any atom is -0.497 e. The molecule has 0 bridgehead atoms. The van der Waals surface area contributed by atoms with Crippen LogP contribution in [0.1, 0.15) is 28.2 Å². The highest BCUT2D eigenvalue weighted by Gasteiger charge is 2.28. The van der Waals surface area contributed by atoms with Crippen LogP contribution in [0.5, 0.6) is 5.75 Å². The third-order valence-corrected chi connectivity index (χ3v) is 5.01. The number of hydrogen-bond acceptors (Lipinski definition) is 4. The van der Waals surface area contributed by atoms with Gasteiger partial charge in [-0.3, -0.25) is 9.89 Å². The molecular formula is C18H22N4O2. The Kier molecular flexibility index (Phi) is 3.88. The predicted molar refractivity (Wildman–Crippen MR) is 91.7 cm³/mol. The standard InChI is InChI=1S/C18H22N4O2/c1-24-14-7-5-13(6-8-14)21-9-11-22(12-10-21)18(23)17-15-3-2-4-16(15)19-20-17/h5-8H,2-4,9-12H2,1H3,(H,19,20). The number of ether oxygens (including phenoxy) is 1. The molecule has 0 saturated carbocycles.